The van der Waals surface area contributed by atoms with E-state index in [1.165, 1.54) is 0 Å². The molecular weight excluding hydrogens is 396 g/mol. The molecule has 4 aromatic carbocycles. The highest BCUT2D eigenvalue weighted by Crippen LogP contribution is 2.13. The standard InChI is InChI=1S/C28H20N2O2/c31-27(23-17-9-3-10-18-23)25(21-13-5-1-6-14-21)29-30-26(22-15-7-2-8-16-22)28(32)24-19-11-4-12-20-24/h1-20H/b29-25-,30-26+. The number of nitrogens with zero attached hydrogens (tertiary/aromatic N) is 2. The first kappa shape index (κ1) is 20.8. The molecule has 0 saturated heterocycles. The Balaban J connectivity index is 1.84. The van der Waals surface area contributed by atoms with Crippen molar-refractivity contribution in [2.75, 3.05) is 0 Å². The fourth-order valence-electron chi connectivity index (χ4n) is 3.21. The average molecular weight is 416 g/mol. The minimum Gasteiger partial charge on any atom is -0.287 e. The Morgan fingerprint density at radius 1 is 0.375 bits per heavy atom. The molecule has 0 aliphatic rings. The van der Waals surface area contributed by atoms with Gasteiger partial charge in [0.1, 0.15) is 11.4 Å². The van der Waals surface area contributed by atoms with Gasteiger partial charge in [0.25, 0.3) is 0 Å². The Labute approximate surface area is 186 Å². The van der Waals surface area contributed by atoms with Gasteiger partial charge < -0.3 is 0 Å². The molecule has 0 aliphatic carbocycles. The topological polar surface area (TPSA) is 58.9 Å². The molecule has 4 aromatic rings. The number of hydrogen-bond donors (Lipinski definition) is 0. The highest BCUT2D eigenvalue weighted by atomic mass is 16.1. The van der Waals surface area contributed by atoms with Gasteiger partial charge in [-0.05, 0) is 0 Å². The maximum absolute atomic E-state index is 13.2. The summed E-state index contributed by atoms with van der Waals surface area (Å²) in [7, 11) is 0. The normalized spacial score (nSPS) is 11.8. The second kappa shape index (κ2) is 10.0. The zero-order valence-electron chi connectivity index (χ0n) is 17.3. The molecule has 0 amide bonds. The molecule has 0 fully saturated rings. The van der Waals surface area contributed by atoms with Crippen molar-refractivity contribution in [3.63, 3.8) is 0 Å². The molecule has 0 saturated carbocycles. The molecule has 32 heavy (non-hydrogen) atoms. The Kier molecular flexibility index (Phi) is 6.54. The first-order valence-electron chi connectivity index (χ1n) is 10.2. The van der Waals surface area contributed by atoms with Crippen molar-refractivity contribution in [2.24, 2.45) is 10.2 Å². The highest BCUT2D eigenvalue weighted by molar-refractivity contribution is 6.53. The monoisotopic (exact) mass is 416 g/mol. The Morgan fingerprint density at radius 3 is 0.906 bits per heavy atom. The number of benzene rings is 4. The summed E-state index contributed by atoms with van der Waals surface area (Å²) >= 11 is 0. The smallest absolute Gasteiger partial charge is 0.213 e. The fourth-order valence-corrected chi connectivity index (χ4v) is 3.21. The molecule has 0 bridgehead atoms. The predicted octanol–water partition coefficient (Wildman–Crippen LogP) is 5.65. The van der Waals surface area contributed by atoms with Gasteiger partial charge in [-0.1, -0.05) is 121 Å². The van der Waals surface area contributed by atoms with Gasteiger partial charge in [-0.3, -0.25) is 9.59 Å². The lowest BCUT2D eigenvalue weighted by molar-refractivity contribution is 0.105. The zero-order valence-corrected chi connectivity index (χ0v) is 17.3. The molecule has 0 heterocycles. The van der Waals surface area contributed by atoms with Gasteiger partial charge in [0.05, 0.1) is 0 Å². The summed E-state index contributed by atoms with van der Waals surface area (Å²) < 4.78 is 0. The van der Waals surface area contributed by atoms with E-state index >= 15 is 0 Å². The largest absolute Gasteiger partial charge is 0.287 e. The van der Waals surface area contributed by atoms with Gasteiger partial charge in [0.15, 0.2) is 0 Å². The lowest BCUT2D eigenvalue weighted by atomic mass is 10.0. The summed E-state index contributed by atoms with van der Waals surface area (Å²) in [4.78, 5) is 26.5. The quantitative estimate of drug-likeness (QED) is 0.222. The van der Waals surface area contributed by atoms with Crippen LogP contribution in [-0.4, -0.2) is 23.0 Å². The van der Waals surface area contributed by atoms with Crippen molar-refractivity contribution in [1.82, 2.24) is 0 Å². The van der Waals surface area contributed by atoms with E-state index in [4.69, 9.17) is 0 Å². The van der Waals surface area contributed by atoms with Crippen LogP contribution in [0.1, 0.15) is 31.8 Å². The van der Waals surface area contributed by atoms with E-state index in [-0.39, 0.29) is 23.0 Å². The second-order valence-corrected chi connectivity index (χ2v) is 7.02. The number of hydrogen-bond acceptors (Lipinski definition) is 4. The maximum atomic E-state index is 13.2. The van der Waals surface area contributed by atoms with E-state index < -0.39 is 0 Å². The molecule has 0 N–H and O–H groups in total. The van der Waals surface area contributed by atoms with Crippen LogP contribution < -0.4 is 0 Å². The minimum absolute atomic E-state index is 0.172. The van der Waals surface area contributed by atoms with Crippen molar-refractivity contribution in [1.29, 1.82) is 0 Å². The van der Waals surface area contributed by atoms with Gasteiger partial charge >= 0.3 is 0 Å². The molecule has 0 spiro atoms. The van der Waals surface area contributed by atoms with E-state index in [1.54, 1.807) is 72.8 Å². The highest BCUT2D eigenvalue weighted by Gasteiger charge is 2.19. The number of ketones is 2. The van der Waals surface area contributed by atoms with Gasteiger partial charge in [-0.2, -0.15) is 0 Å². The van der Waals surface area contributed by atoms with E-state index in [1.807, 2.05) is 48.5 Å². The van der Waals surface area contributed by atoms with Crippen LogP contribution in [0.3, 0.4) is 0 Å². The lowest BCUT2D eigenvalue weighted by Gasteiger charge is -2.07. The summed E-state index contributed by atoms with van der Waals surface area (Å²) in [6.45, 7) is 0. The summed E-state index contributed by atoms with van der Waals surface area (Å²) in [5, 5.41) is 8.66. The van der Waals surface area contributed by atoms with Gasteiger partial charge in [0.2, 0.25) is 11.6 Å². The predicted molar refractivity (Wildman–Crippen MR) is 128 cm³/mol. The Morgan fingerprint density at radius 2 is 0.625 bits per heavy atom. The maximum Gasteiger partial charge on any atom is 0.213 e. The van der Waals surface area contributed by atoms with Gasteiger partial charge in [-0.25, -0.2) is 0 Å². The van der Waals surface area contributed by atoms with Crippen molar-refractivity contribution < 1.29 is 9.59 Å². The molecule has 154 valence electrons. The molecule has 4 rings (SSSR count). The molecule has 4 nitrogen and oxygen atoms in total. The second-order valence-electron chi connectivity index (χ2n) is 7.02. The number of carbonyl (C=O) groups excluding carboxylic acids is 2. The molecule has 4 heteroatoms. The van der Waals surface area contributed by atoms with Gasteiger partial charge in [0, 0.05) is 22.3 Å². The number of Topliss-reactive ketones (excluding diaryl/α,β-unsaturated/α-hetero) is 2. The molecule has 0 unspecified atom stereocenters. The van der Waals surface area contributed by atoms with Gasteiger partial charge in [-0.15, -0.1) is 10.2 Å². The average Bonchev–Trinajstić information content (AvgIpc) is 2.88. The third-order valence-electron chi connectivity index (χ3n) is 4.85. The van der Waals surface area contributed by atoms with Crippen LogP contribution >= 0.6 is 0 Å². The Bertz CT molecular complexity index is 1160. The Hall–Kier alpha value is -4.44. The fraction of sp³-hybridized carbons (Fsp3) is 0. The van der Waals surface area contributed by atoms with E-state index in [2.05, 4.69) is 10.2 Å². The van der Waals surface area contributed by atoms with Crippen LogP contribution in [-0.2, 0) is 0 Å². The van der Waals surface area contributed by atoms with Crippen LogP contribution in [0.5, 0.6) is 0 Å². The van der Waals surface area contributed by atoms with Crippen LogP contribution in [0.4, 0.5) is 0 Å². The first-order chi connectivity index (χ1) is 15.7. The summed E-state index contributed by atoms with van der Waals surface area (Å²) in [5.74, 6) is -0.528. The van der Waals surface area contributed by atoms with E-state index in [0.29, 0.717) is 22.3 Å². The molecule has 0 radical (unpaired) electrons. The van der Waals surface area contributed by atoms with E-state index in [9.17, 15) is 9.59 Å². The van der Waals surface area contributed by atoms with Crippen molar-refractivity contribution >= 4 is 23.0 Å². The summed E-state index contributed by atoms with van der Waals surface area (Å²) in [5.41, 5.74) is 2.61. The van der Waals surface area contributed by atoms with Crippen LogP contribution in [0.2, 0.25) is 0 Å². The minimum atomic E-state index is -0.264. The third-order valence-corrected chi connectivity index (χ3v) is 4.85. The van der Waals surface area contributed by atoms with Crippen molar-refractivity contribution in [2.45, 2.75) is 0 Å². The van der Waals surface area contributed by atoms with Crippen LogP contribution in [0.25, 0.3) is 0 Å². The lowest BCUT2D eigenvalue weighted by Crippen LogP contribution is -2.18. The third kappa shape index (κ3) is 4.82. The number of carbonyl (C=O) groups is 2. The molecule has 0 aromatic heterocycles. The summed E-state index contributed by atoms with van der Waals surface area (Å²) in [6.07, 6.45) is 0. The van der Waals surface area contributed by atoms with Crippen LogP contribution in [0.15, 0.2) is 132 Å². The molecule has 0 aliphatic heterocycles. The van der Waals surface area contributed by atoms with Crippen LogP contribution in [0, 0.1) is 0 Å². The van der Waals surface area contributed by atoms with Crippen molar-refractivity contribution in [3.8, 4) is 0 Å². The zero-order chi connectivity index (χ0) is 22.2. The van der Waals surface area contributed by atoms with Crippen molar-refractivity contribution in [3.05, 3.63) is 144 Å². The van der Waals surface area contributed by atoms with E-state index in [0.717, 1.165) is 0 Å². The molecular formula is C28H20N2O2. The number of rotatable bonds is 7. The molecule has 0 atom stereocenters. The SMILES string of the molecule is O=C(/C(=N\N=C(\C(=O)c1ccccc1)c1ccccc1)c1ccccc1)c1ccccc1. The first-order valence-corrected chi connectivity index (χ1v) is 10.2. The summed E-state index contributed by atoms with van der Waals surface area (Å²) in [6, 6.07) is 36.1.